The Labute approximate surface area is 104 Å². The van der Waals surface area contributed by atoms with Crippen LogP contribution in [0.25, 0.3) is 0 Å². The van der Waals surface area contributed by atoms with Gasteiger partial charge in [0.05, 0.1) is 13.0 Å². The Hall–Kier alpha value is -0.870. The van der Waals surface area contributed by atoms with Gasteiger partial charge in [-0.3, -0.25) is 4.79 Å². The third kappa shape index (κ3) is 3.32. The maximum Gasteiger partial charge on any atom is 0.309 e. The zero-order chi connectivity index (χ0) is 12.0. The highest BCUT2D eigenvalue weighted by Crippen LogP contribution is 2.27. The summed E-state index contributed by atoms with van der Waals surface area (Å²) in [7, 11) is 0. The molecule has 0 aliphatic carbocycles. The summed E-state index contributed by atoms with van der Waals surface area (Å²) in [6, 6.07) is 9.10. The number of rotatable bonds is 5. The molecule has 0 aliphatic heterocycles. The van der Waals surface area contributed by atoms with Crippen molar-refractivity contribution in [2.75, 3.05) is 11.9 Å². The Bertz CT molecular complexity index is 339. The first kappa shape index (κ1) is 13.2. The van der Waals surface area contributed by atoms with Gasteiger partial charge in [0.2, 0.25) is 0 Å². The molecular weight excluding hydrogens is 272 g/mol. The average Bonchev–Trinajstić information content (AvgIpc) is 2.30. The van der Waals surface area contributed by atoms with Crippen LogP contribution < -0.4 is 0 Å². The van der Waals surface area contributed by atoms with Gasteiger partial charge in [-0.1, -0.05) is 46.3 Å². The second-order valence-corrected chi connectivity index (χ2v) is 4.07. The number of benzene rings is 1. The summed E-state index contributed by atoms with van der Waals surface area (Å²) in [5.74, 6) is -0.395. The summed E-state index contributed by atoms with van der Waals surface area (Å²) in [5, 5.41) is 10.6. The molecule has 0 bridgehead atoms. The Morgan fingerprint density at radius 3 is 2.56 bits per heavy atom. The van der Waals surface area contributed by atoms with Gasteiger partial charge in [-0.15, -0.1) is 0 Å². The minimum Gasteiger partial charge on any atom is -0.466 e. The molecule has 0 spiro atoms. The van der Waals surface area contributed by atoms with Gasteiger partial charge >= 0.3 is 5.97 Å². The van der Waals surface area contributed by atoms with E-state index in [1.165, 1.54) is 0 Å². The topological polar surface area (TPSA) is 46.5 Å². The Morgan fingerprint density at radius 1 is 1.44 bits per heavy atom. The van der Waals surface area contributed by atoms with E-state index in [2.05, 4.69) is 15.9 Å². The third-order valence-corrected chi connectivity index (χ3v) is 3.20. The first-order valence-corrected chi connectivity index (χ1v) is 6.24. The van der Waals surface area contributed by atoms with Crippen LogP contribution in [0.4, 0.5) is 0 Å². The molecule has 1 N–H and O–H groups in total. The highest BCUT2D eigenvalue weighted by molar-refractivity contribution is 9.09. The number of aliphatic hydroxyl groups is 1. The van der Waals surface area contributed by atoms with Crippen molar-refractivity contribution in [3.63, 3.8) is 0 Å². The van der Waals surface area contributed by atoms with Crippen LogP contribution >= 0.6 is 15.9 Å². The van der Waals surface area contributed by atoms with E-state index in [4.69, 9.17) is 4.74 Å². The predicted molar refractivity (Wildman–Crippen MR) is 65.4 cm³/mol. The molecule has 16 heavy (non-hydrogen) atoms. The van der Waals surface area contributed by atoms with E-state index in [9.17, 15) is 9.90 Å². The van der Waals surface area contributed by atoms with Crippen LogP contribution in [-0.4, -0.2) is 23.0 Å². The van der Waals surface area contributed by atoms with Gasteiger partial charge in [-0.25, -0.2) is 0 Å². The zero-order valence-electron chi connectivity index (χ0n) is 9.15. The van der Waals surface area contributed by atoms with Gasteiger partial charge in [0.1, 0.15) is 5.60 Å². The van der Waals surface area contributed by atoms with Crippen molar-refractivity contribution in [2.24, 2.45) is 0 Å². The average molecular weight is 287 g/mol. The molecule has 1 rings (SSSR count). The molecule has 0 radical (unpaired) electrons. The van der Waals surface area contributed by atoms with Gasteiger partial charge in [0.15, 0.2) is 0 Å². The van der Waals surface area contributed by atoms with Crippen molar-refractivity contribution in [3.8, 4) is 0 Å². The Balaban J connectivity index is 2.82. The standard InChI is InChI=1S/C12H15BrO3/c1-2-16-11(14)8-12(15,9-13)10-6-4-3-5-7-10/h3-7,15H,2,8-9H2,1H3. The fourth-order valence-electron chi connectivity index (χ4n) is 1.43. The summed E-state index contributed by atoms with van der Waals surface area (Å²) in [4.78, 5) is 11.4. The van der Waals surface area contributed by atoms with E-state index in [0.717, 1.165) is 0 Å². The van der Waals surface area contributed by atoms with E-state index < -0.39 is 11.6 Å². The molecule has 88 valence electrons. The SMILES string of the molecule is CCOC(=O)CC(O)(CBr)c1ccccc1. The predicted octanol–water partition coefficient (Wildman–Crippen LogP) is 2.22. The molecule has 0 amide bonds. The maximum absolute atomic E-state index is 11.4. The van der Waals surface area contributed by atoms with Crippen LogP contribution in [-0.2, 0) is 15.1 Å². The molecule has 1 atom stereocenters. The summed E-state index contributed by atoms with van der Waals surface area (Å²) < 4.78 is 4.84. The van der Waals surface area contributed by atoms with Crippen LogP contribution in [0.15, 0.2) is 30.3 Å². The van der Waals surface area contributed by atoms with Crippen LogP contribution in [0.3, 0.4) is 0 Å². The van der Waals surface area contributed by atoms with Gasteiger partial charge in [-0.05, 0) is 12.5 Å². The second kappa shape index (κ2) is 6.01. The maximum atomic E-state index is 11.4. The van der Waals surface area contributed by atoms with E-state index >= 15 is 0 Å². The number of alkyl halides is 1. The van der Waals surface area contributed by atoms with Gasteiger partial charge in [-0.2, -0.15) is 0 Å². The molecule has 1 unspecified atom stereocenters. The van der Waals surface area contributed by atoms with Crippen molar-refractivity contribution in [3.05, 3.63) is 35.9 Å². The summed E-state index contributed by atoms with van der Waals surface area (Å²) >= 11 is 3.23. The lowest BCUT2D eigenvalue weighted by Crippen LogP contribution is -2.31. The lowest BCUT2D eigenvalue weighted by atomic mass is 9.93. The lowest BCUT2D eigenvalue weighted by Gasteiger charge is -2.25. The molecule has 4 heteroatoms. The zero-order valence-corrected chi connectivity index (χ0v) is 10.7. The molecule has 0 aliphatic rings. The van der Waals surface area contributed by atoms with E-state index in [-0.39, 0.29) is 6.42 Å². The minimum atomic E-state index is -1.20. The fourth-order valence-corrected chi connectivity index (χ4v) is 1.95. The van der Waals surface area contributed by atoms with Crippen molar-refractivity contribution >= 4 is 21.9 Å². The van der Waals surface area contributed by atoms with Gasteiger partial charge < -0.3 is 9.84 Å². The van der Waals surface area contributed by atoms with Crippen molar-refractivity contribution < 1.29 is 14.6 Å². The molecule has 1 aromatic carbocycles. The first-order valence-electron chi connectivity index (χ1n) is 5.12. The van der Waals surface area contributed by atoms with Crippen molar-refractivity contribution in [2.45, 2.75) is 18.9 Å². The Morgan fingerprint density at radius 2 is 2.06 bits per heavy atom. The van der Waals surface area contributed by atoms with E-state index in [0.29, 0.717) is 17.5 Å². The number of halogens is 1. The third-order valence-electron chi connectivity index (χ3n) is 2.27. The fraction of sp³-hybridized carbons (Fsp3) is 0.417. The number of hydrogen-bond donors (Lipinski definition) is 1. The van der Waals surface area contributed by atoms with Crippen LogP contribution in [0.2, 0.25) is 0 Å². The molecule has 3 nitrogen and oxygen atoms in total. The second-order valence-electron chi connectivity index (χ2n) is 3.51. The molecule has 1 aromatic rings. The summed E-state index contributed by atoms with van der Waals surface area (Å²) in [6.45, 7) is 2.07. The van der Waals surface area contributed by atoms with Crippen LogP contribution in [0.1, 0.15) is 18.9 Å². The molecule has 0 fully saturated rings. The molecule has 0 aromatic heterocycles. The minimum absolute atomic E-state index is 0.0455. The molecule has 0 saturated carbocycles. The van der Waals surface area contributed by atoms with Crippen molar-refractivity contribution in [1.29, 1.82) is 0 Å². The summed E-state index contributed by atoms with van der Waals surface area (Å²) in [5.41, 5.74) is -0.493. The van der Waals surface area contributed by atoms with Crippen LogP contribution in [0, 0.1) is 0 Å². The number of ether oxygens (including phenoxy) is 1. The number of carbonyl (C=O) groups is 1. The Kier molecular flexibility index (Phi) is 4.96. The monoisotopic (exact) mass is 286 g/mol. The largest absolute Gasteiger partial charge is 0.466 e. The van der Waals surface area contributed by atoms with Crippen molar-refractivity contribution in [1.82, 2.24) is 0 Å². The highest BCUT2D eigenvalue weighted by atomic mass is 79.9. The first-order chi connectivity index (χ1) is 7.62. The van der Waals surface area contributed by atoms with Crippen LogP contribution in [0.5, 0.6) is 0 Å². The van der Waals surface area contributed by atoms with Gasteiger partial charge in [0, 0.05) is 5.33 Å². The normalized spacial score (nSPS) is 14.2. The highest BCUT2D eigenvalue weighted by Gasteiger charge is 2.31. The van der Waals surface area contributed by atoms with E-state index in [1.807, 2.05) is 18.2 Å². The quantitative estimate of drug-likeness (QED) is 0.667. The molecule has 0 saturated heterocycles. The number of hydrogen-bond acceptors (Lipinski definition) is 3. The lowest BCUT2D eigenvalue weighted by molar-refractivity contribution is -0.148. The van der Waals surface area contributed by atoms with Gasteiger partial charge in [0.25, 0.3) is 0 Å². The summed E-state index contributed by atoms with van der Waals surface area (Å²) in [6.07, 6.45) is -0.0455. The van der Waals surface area contributed by atoms with E-state index in [1.54, 1.807) is 19.1 Å². The smallest absolute Gasteiger partial charge is 0.309 e. The molecular formula is C12H15BrO3. The number of carbonyl (C=O) groups excluding carboxylic acids is 1. The molecule has 0 heterocycles. The number of esters is 1.